The normalized spacial score (nSPS) is 12.0. The average molecular weight is 619 g/mol. The number of rotatable bonds is 13. The summed E-state index contributed by atoms with van der Waals surface area (Å²) in [6.07, 6.45) is 2.07. The number of benzene rings is 3. The number of amides is 2. The highest BCUT2D eigenvalue weighted by molar-refractivity contribution is 7.92. The summed E-state index contributed by atoms with van der Waals surface area (Å²) in [6.45, 7) is 7.71. The molecule has 0 aliphatic carbocycles. The lowest BCUT2D eigenvalue weighted by atomic mass is 10.1. The predicted octanol–water partition coefficient (Wildman–Crippen LogP) is 6.53. The van der Waals surface area contributed by atoms with Crippen LogP contribution in [0.1, 0.15) is 49.8 Å². The van der Waals surface area contributed by atoms with Crippen molar-refractivity contribution in [2.75, 3.05) is 17.4 Å². The van der Waals surface area contributed by atoms with Crippen LogP contribution in [0.2, 0.25) is 10.0 Å². The van der Waals surface area contributed by atoms with Crippen molar-refractivity contribution in [1.82, 2.24) is 10.2 Å². The lowest BCUT2D eigenvalue weighted by Gasteiger charge is -2.33. The van der Waals surface area contributed by atoms with Crippen molar-refractivity contribution in [3.63, 3.8) is 0 Å². The van der Waals surface area contributed by atoms with Crippen molar-refractivity contribution in [3.05, 3.63) is 93.5 Å². The third-order valence-electron chi connectivity index (χ3n) is 6.75. The summed E-state index contributed by atoms with van der Waals surface area (Å²) in [7, 11) is -4.25. The van der Waals surface area contributed by atoms with Gasteiger partial charge >= 0.3 is 0 Å². The van der Waals surface area contributed by atoms with E-state index in [4.69, 9.17) is 23.2 Å². The first-order valence-electron chi connectivity index (χ1n) is 13.6. The quantitative estimate of drug-likeness (QED) is 0.221. The van der Waals surface area contributed by atoms with Gasteiger partial charge in [-0.05, 0) is 62.6 Å². The number of nitrogens with one attached hydrogen (secondary N) is 1. The number of anilines is 1. The molecule has 220 valence electrons. The molecular formula is C31H37Cl2N3O4S. The molecule has 0 radical (unpaired) electrons. The SMILES string of the molecule is CCCCNC(=O)[C@@H](CC)N(Cc1ccc(C)cc1)C(=O)CN(c1cc(Cl)ccc1Cl)S(=O)(=O)c1ccc(C)cc1. The molecule has 0 aromatic heterocycles. The van der Waals surface area contributed by atoms with Crippen LogP contribution in [0.3, 0.4) is 0 Å². The molecule has 0 aliphatic rings. The highest BCUT2D eigenvalue weighted by Gasteiger charge is 2.34. The van der Waals surface area contributed by atoms with Crippen LogP contribution in [-0.2, 0) is 26.2 Å². The second kappa shape index (κ2) is 14.7. The lowest BCUT2D eigenvalue weighted by molar-refractivity contribution is -0.140. The van der Waals surface area contributed by atoms with Crippen LogP contribution in [0.15, 0.2) is 71.6 Å². The molecule has 10 heteroatoms. The van der Waals surface area contributed by atoms with Crippen LogP contribution < -0.4 is 9.62 Å². The van der Waals surface area contributed by atoms with Gasteiger partial charge in [0.05, 0.1) is 15.6 Å². The fourth-order valence-electron chi connectivity index (χ4n) is 4.34. The first-order chi connectivity index (χ1) is 19.5. The number of aryl methyl sites for hydroxylation is 2. The second-order valence-corrected chi connectivity index (χ2v) is 12.7. The first-order valence-corrected chi connectivity index (χ1v) is 15.8. The van der Waals surface area contributed by atoms with Gasteiger partial charge in [0.25, 0.3) is 10.0 Å². The van der Waals surface area contributed by atoms with Gasteiger partial charge in [-0.3, -0.25) is 13.9 Å². The van der Waals surface area contributed by atoms with E-state index in [0.29, 0.717) is 13.0 Å². The second-order valence-electron chi connectivity index (χ2n) is 10.00. The minimum Gasteiger partial charge on any atom is -0.354 e. The summed E-state index contributed by atoms with van der Waals surface area (Å²) in [6, 6.07) is 17.6. The van der Waals surface area contributed by atoms with Gasteiger partial charge in [0.15, 0.2) is 0 Å². The van der Waals surface area contributed by atoms with Crippen molar-refractivity contribution in [2.24, 2.45) is 0 Å². The van der Waals surface area contributed by atoms with Crippen LogP contribution in [-0.4, -0.2) is 44.3 Å². The number of unbranched alkanes of at least 4 members (excludes halogenated alkanes) is 1. The molecule has 0 saturated heterocycles. The van der Waals surface area contributed by atoms with Crippen LogP contribution in [0, 0.1) is 13.8 Å². The van der Waals surface area contributed by atoms with E-state index in [0.717, 1.165) is 33.8 Å². The highest BCUT2D eigenvalue weighted by Crippen LogP contribution is 2.33. The Balaban J connectivity index is 2.07. The zero-order chi connectivity index (χ0) is 30.2. The van der Waals surface area contributed by atoms with Gasteiger partial charge in [0.1, 0.15) is 12.6 Å². The highest BCUT2D eigenvalue weighted by atomic mass is 35.5. The molecule has 1 N–H and O–H groups in total. The summed E-state index contributed by atoms with van der Waals surface area (Å²) in [4.78, 5) is 28.8. The van der Waals surface area contributed by atoms with Crippen molar-refractivity contribution in [3.8, 4) is 0 Å². The maximum absolute atomic E-state index is 14.1. The van der Waals surface area contributed by atoms with Crippen LogP contribution >= 0.6 is 23.2 Å². The van der Waals surface area contributed by atoms with E-state index in [1.807, 2.05) is 52.0 Å². The van der Waals surface area contributed by atoms with E-state index in [2.05, 4.69) is 5.32 Å². The average Bonchev–Trinajstić information content (AvgIpc) is 2.94. The van der Waals surface area contributed by atoms with E-state index < -0.39 is 28.5 Å². The Bertz CT molecular complexity index is 1450. The van der Waals surface area contributed by atoms with Crippen molar-refractivity contribution in [2.45, 2.75) is 64.4 Å². The molecule has 1 atom stereocenters. The van der Waals surface area contributed by atoms with E-state index in [-0.39, 0.29) is 33.1 Å². The van der Waals surface area contributed by atoms with Gasteiger partial charge in [0.2, 0.25) is 11.8 Å². The van der Waals surface area contributed by atoms with E-state index in [9.17, 15) is 18.0 Å². The molecular weight excluding hydrogens is 581 g/mol. The fraction of sp³-hybridized carbons (Fsp3) is 0.355. The van der Waals surface area contributed by atoms with Gasteiger partial charge in [-0.2, -0.15) is 0 Å². The number of halogens is 2. The Hall–Kier alpha value is -3.07. The molecule has 0 saturated carbocycles. The molecule has 2 amide bonds. The number of hydrogen-bond donors (Lipinski definition) is 1. The Morgan fingerprint density at radius 3 is 2.10 bits per heavy atom. The van der Waals surface area contributed by atoms with Crippen molar-refractivity contribution >= 4 is 50.7 Å². The van der Waals surface area contributed by atoms with Gasteiger partial charge in [-0.15, -0.1) is 0 Å². The monoisotopic (exact) mass is 617 g/mol. The molecule has 0 bridgehead atoms. The minimum atomic E-state index is -4.25. The Morgan fingerprint density at radius 1 is 0.902 bits per heavy atom. The Labute approximate surface area is 253 Å². The lowest BCUT2D eigenvalue weighted by Crippen LogP contribution is -2.52. The molecule has 0 unspecified atom stereocenters. The molecule has 3 aromatic rings. The molecule has 41 heavy (non-hydrogen) atoms. The number of nitrogens with zero attached hydrogens (tertiary/aromatic N) is 2. The maximum Gasteiger partial charge on any atom is 0.264 e. The summed E-state index contributed by atoms with van der Waals surface area (Å²) in [5.74, 6) is -0.829. The Kier molecular flexibility index (Phi) is 11.6. The molecule has 7 nitrogen and oxygen atoms in total. The predicted molar refractivity (Wildman–Crippen MR) is 166 cm³/mol. The molecule has 0 spiro atoms. The van der Waals surface area contributed by atoms with Gasteiger partial charge in [0, 0.05) is 18.1 Å². The third-order valence-corrected chi connectivity index (χ3v) is 9.08. The molecule has 0 aliphatic heterocycles. The van der Waals surface area contributed by atoms with Crippen LogP contribution in [0.4, 0.5) is 5.69 Å². The largest absolute Gasteiger partial charge is 0.354 e. The first kappa shape index (κ1) is 32.4. The van der Waals surface area contributed by atoms with Crippen LogP contribution in [0.25, 0.3) is 0 Å². The number of hydrogen-bond acceptors (Lipinski definition) is 4. The summed E-state index contributed by atoms with van der Waals surface area (Å²) in [5.41, 5.74) is 2.83. The Morgan fingerprint density at radius 2 is 1.51 bits per heavy atom. The molecule has 3 rings (SSSR count). The number of sulfonamides is 1. The smallest absolute Gasteiger partial charge is 0.264 e. The van der Waals surface area contributed by atoms with Gasteiger partial charge in [-0.25, -0.2) is 8.42 Å². The molecule has 0 fully saturated rings. The summed E-state index contributed by atoms with van der Waals surface area (Å²) in [5, 5.41) is 3.31. The topological polar surface area (TPSA) is 86.8 Å². The zero-order valence-electron chi connectivity index (χ0n) is 23.9. The van der Waals surface area contributed by atoms with E-state index in [1.54, 1.807) is 18.2 Å². The molecule has 3 aromatic carbocycles. The number of carbonyl (C=O) groups excluding carboxylic acids is 2. The van der Waals surface area contributed by atoms with Crippen LogP contribution in [0.5, 0.6) is 0 Å². The van der Waals surface area contributed by atoms with Gasteiger partial charge < -0.3 is 10.2 Å². The van der Waals surface area contributed by atoms with E-state index in [1.165, 1.54) is 29.2 Å². The molecule has 0 heterocycles. The maximum atomic E-state index is 14.1. The van der Waals surface area contributed by atoms with Gasteiger partial charge in [-0.1, -0.05) is 91.0 Å². The summed E-state index contributed by atoms with van der Waals surface area (Å²) < 4.78 is 28.9. The standard InChI is InChI=1S/C31H37Cl2N3O4S/c1-5-7-18-34-31(38)28(6-2)35(20-24-12-8-22(3)9-13-24)30(37)21-36(29-19-25(32)14-17-27(29)33)41(39,40)26-15-10-23(4)11-16-26/h8-17,19,28H,5-7,18,20-21H2,1-4H3,(H,34,38)/t28-/m1/s1. The number of carbonyl (C=O) groups is 2. The zero-order valence-corrected chi connectivity index (χ0v) is 26.2. The summed E-state index contributed by atoms with van der Waals surface area (Å²) >= 11 is 12.7. The van der Waals surface area contributed by atoms with Crippen molar-refractivity contribution in [1.29, 1.82) is 0 Å². The third kappa shape index (κ3) is 8.47. The minimum absolute atomic E-state index is 0.00127. The fourth-order valence-corrected chi connectivity index (χ4v) is 6.20. The van der Waals surface area contributed by atoms with Crippen molar-refractivity contribution < 1.29 is 18.0 Å². The van der Waals surface area contributed by atoms with E-state index >= 15 is 0 Å².